The summed E-state index contributed by atoms with van der Waals surface area (Å²) < 4.78 is 13.9. The first-order chi connectivity index (χ1) is 15.7. The van der Waals surface area contributed by atoms with E-state index in [0.717, 1.165) is 28.7 Å². The van der Waals surface area contributed by atoms with E-state index in [1.54, 1.807) is 47.6 Å². The van der Waals surface area contributed by atoms with Crippen LogP contribution >= 0.6 is 11.3 Å². The van der Waals surface area contributed by atoms with Gasteiger partial charge in [0, 0.05) is 10.3 Å². The van der Waals surface area contributed by atoms with Crippen LogP contribution in [0.1, 0.15) is 29.1 Å². The molecule has 10 heteroatoms. The summed E-state index contributed by atoms with van der Waals surface area (Å²) in [6, 6.07) is 3.55. The molecule has 32 heavy (non-hydrogen) atoms. The van der Waals surface area contributed by atoms with Gasteiger partial charge in [0.05, 0.1) is 31.2 Å². The van der Waals surface area contributed by atoms with E-state index in [1.807, 2.05) is 0 Å². The second-order valence-electron chi connectivity index (χ2n) is 7.80. The normalized spacial score (nSPS) is 13.7. The molecule has 0 aliphatic heterocycles. The Morgan fingerprint density at radius 2 is 2.00 bits per heavy atom. The lowest BCUT2D eigenvalue weighted by Crippen LogP contribution is -2.24. The number of aryl methyl sites for hydroxylation is 2. The van der Waals surface area contributed by atoms with Crippen LogP contribution in [-0.4, -0.2) is 43.6 Å². The van der Waals surface area contributed by atoms with E-state index >= 15 is 0 Å². The summed E-state index contributed by atoms with van der Waals surface area (Å²) in [7, 11) is 3.06. The Labute approximate surface area is 186 Å². The van der Waals surface area contributed by atoms with E-state index in [1.165, 1.54) is 35.1 Å². The van der Waals surface area contributed by atoms with Gasteiger partial charge < -0.3 is 9.47 Å². The maximum Gasteiger partial charge on any atom is 0.278 e. The van der Waals surface area contributed by atoms with Crippen LogP contribution in [0.3, 0.4) is 0 Å². The zero-order valence-electron chi connectivity index (χ0n) is 17.7. The Kier molecular flexibility index (Phi) is 4.35. The molecule has 1 aliphatic carbocycles. The smallest absolute Gasteiger partial charge is 0.278 e. The summed E-state index contributed by atoms with van der Waals surface area (Å²) in [5, 5.41) is 11.1. The highest BCUT2D eigenvalue weighted by Crippen LogP contribution is 2.37. The highest BCUT2D eigenvalue weighted by atomic mass is 32.1. The number of thiophene rings is 1. The maximum atomic E-state index is 13.3. The monoisotopic (exact) mass is 448 g/mol. The number of fused-ring (bicyclic) bond motifs is 6. The number of aromatic nitrogens is 6. The van der Waals surface area contributed by atoms with Gasteiger partial charge in [0.2, 0.25) is 0 Å². The summed E-state index contributed by atoms with van der Waals surface area (Å²) in [5.74, 6) is 1.40. The Balaban J connectivity index is 1.48. The second-order valence-corrected chi connectivity index (χ2v) is 8.89. The third-order valence-corrected chi connectivity index (χ3v) is 7.19. The fraction of sp³-hybridized carbons (Fsp3) is 0.318. The fourth-order valence-corrected chi connectivity index (χ4v) is 5.72. The lowest BCUT2D eigenvalue weighted by Gasteiger charge is -2.11. The molecule has 0 N–H and O–H groups in total. The van der Waals surface area contributed by atoms with E-state index in [2.05, 4.69) is 15.2 Å². The van der Waals surface area contributed by atoms with Gasteiger partial charge in [0.25, 0.3) is 5.56 Å². The van der Waals surface area contributed by atoms with Gasteiger partial charge in [-0.3, -0.25) is 4.79 Å². The van der Waals surface area contributed by atoms with Gasteiger partial charge in [-0.15, -0.1) is 16.4 Å². The van der Waals surface area contributed by atoms with Gasteiger partial charge >= 0.3 is 0 Å². The predicted molar refractivity (Wildman–Crippen MR) is 121 cm³/mol. The van der Waals surface area contributed by atoms with Crippen molar-refractivity contribution < 1.29 is 9.47 Å². The molecule has 5 aromatic rings. The zero-order chi connectivity index (χ0) is 21.8. The van der Waals surface area contributed by atoms with Crippen LogP contribution in [-0.2, 0) is 19.4 Å². The molecule has 162 valence electrons. The molecule has 1 aromatic carbocycles. The summed E-state index contributed by atoms with van der Waals surface area (Å²) in [6.45, 7) is 0.143. The number of hydrogen-bond acceptors (Lipinski definition) is 8. The summed E-state index contributed by atoms with van der Waals surface area (Å²) >= 11 is 1.75. The largest absolute Gasteiger partial charge is 0.493 e. The predicted octanol–water partition coefficient (Wildman–Crippen LogP) is 2.99. The highest BCUT2D eigenvalue weighted by molar-refractivity contribution is 7.19. The van der Waals surface area contributed by atoms with Crippen LogP contribution in [0.25, 0.3) is 26.6 Å². The van der Waals surface area contributed by atoms with Crippen LogP contribution in [0.5, 0.6) is 11.5 Å². The van der Waals surface area contributed by atoms with E-state index in [4.69, 9.17) is 14.5 Å². The highest BCUT2D eigenvalue weighted by Gasteiger charge is 2.21. The van der Waals surface area contributed by atoms with Gasteiger partial charge in [-0.05, 0) is 43.4 Å². The molecule has 1 aliphatic rings. The van der Waals surface area contributed by atoms with Crippen LogP contribution in [0.4, 0.5) is 0 Å². The Morgan fingerprint density at radius 3 is 2.84 bits per heavy atom. The van der Waals surface area contributed by atoms with Gasteiger partial charge in [0.1, 0.15) is 17.7 Å². The standard InChI is InChI=1S/C22H20N6O3S/c1-30-14-8-7-12-9-24-27(22(29)17(12)19(14)31-2)10-16-25-20-18-13-5-3-4-6-15(13)32-21(18)23-11-28(20)26-16/h7-9,11H,3-6,10H2,1-2H3. The molecule has 4 heterocycles. The molecule has 0 bridgehead atoms. The van der Waals surface area contributed by atoms with Crippen LogP contribution < -0.4 is 15.0 Å². The van der Waals surface area contributed by atoms with Crippen molar-refractivity contribution in [3.8, 4) is 11.5 Å². The Hall–Kier alpha value is -3.53. The van der Waals surface area contributed by atoms with Crippen molar-refractivity contribution in [1.82, 2.24) is 29.4 Å². The minimum Gasteiger partial charge on any atom is -0.493 e. The van der Waals surface area contributed by atoms with Gasteiger partial charge in [0.15, 0.2) is 23.0 Å². The lowest BCUT2D eigenvalue weighted by molar-refractivity contribution is 0.358. The summed E-state index contributed by atoms with van der Waals surface area (Å²) in [5.41, 5.74) is 1.86. The molecule has 0 amide bonds. The van der Waals surface area contributed by atoms with Gasteiger partial charge in [-0.1, -0.05) is 0 Å². The number of benzene rings is 1. The SMILES string of the molecule is COc1ccc2cnn(Cc3nc4c5c6c(sc5ncn4n3)CCCC6)c(=O)c2c1OC. The quantitative estimate of drug-likeness (QED) is 0.417. The number of rotatable bonds is 4. The molecule has 0 fully saturated rings. The van der Waals surface area contributed by atoms with Gasteiger partial charge in [-0.2, -0.15) is 5.10 Å². The minimum absolute atomic E-state index is 0.143. The van der Waals surface area contributed by atoms with Crippen molar-refractivity contribution in [3.63, 3.8) is 0 Å². The molecule has 0 spiro atoms. The van der Waals surface area contributed by atoms with Crippen LogP contribution in [0, 0.1) is 0 Å². The summed E-state index contributed by atoms with van der Waals surface area (Å²) in [4.78, 5) is 25.0. The topological polar surface area (TPSA) is 96.4 Å². The van der Waals surface area contributed by atoms with Crippen molar-refractivity contribution >= 4 is 38.0 Å². The average molecular weight is 449 g/mol. The summed E-state index contributed by atoms with van der Waals surface area (Å²) in [6.07, 6.45) is 7.89. The van der Waals surface area contributed by atoms with Crippen molar-refractivity contribution in [1.29, 1.82) is 0 Å². The zero-order valence-corrected chi connectivity index (χ0v) is 18.5. The number of methoxy groups -OCH3 is 2. The third kappa shape index (κ3) is 2.79. The molecule has 0 atom stereocenters. The van der Waals surface area contributed by atoms with Crippen molar-refractivity contribution in [2.75, 3.05) is 14.2 Å². The first-order valence-corrected chi connectivity index (χ1v) is 11.2. The second kappa shape index (κ2) is 7.27. The molecule has 0 radical (unpaired) electrons. The van der Waals surface area contributed by atoms with Crippen LogP contribution in [0.15, 0.2) is 29.5 Å². The van der Waals surface area contributed by atoms with Crippen molar-refractivity contribution in [2.24, 2.45) is 0 Å². The molecule has 4 aromatic heterocycles. The van der Waals surface area contributed by atoms with Crippen molar-refractivity contribution in [2.45, 2.75) is 32.2 Å². The lowest BCUT2D eigenvalue weighted by atomic mass is 9.97. The van der Waals surface area contributed by atoms with E-state index in [0.29, 0.717) is 28.1 Å². The average Bonchev–Trinajstić information content (AvgIpc) is 3.40. The number of ether oxygens (including phenoxy) is 2. The Morgan fingerprint density at radius 1 is 1.12 bits per heavy atom. The number of nitrogens with zero attached hydrogens (tertiary/aromatic N) is 6. The molecule has 9 nitrogen and oxygen atoms in total. The Bertz CT molecular complexity index is 1570. The minimum atomic E-state index is -0.284. The molecule has 6 rings (SSSR count). The fourth-order valence-electron chi connectivity index (χ4n) is 4.50. The molecule has 0 unspecified atom stereocenters. The third-order valence-electron chi connectivity index (χ3n) is 5.99. The van der Waals surface area contributed by atoms with E-state index in [-0.39, 0.29) is 12.1 Å². The van der Waals surface area contributed by atoms with Crippen LogP contribution in [0.2, 0.25) is 0 Å². The molecular formula is C22H20N6O3S. The number of hydrogen-bond donors (Lipinski definition) is 0. The van der Waals surface area contributed by atoms with E-state index < -0.39 is 0 Å². The molecule has 0 saturated heterocycles. The first kappa shape index (κ1) is 19.2. The van der Waals surface area contributed by atoms with Crippen molar-refractivity contribution in [3.05, 3.63) is 51.3 Å². The molecule has 0 saturated carbocycles. The van der Waals surface area contributed by atoms with E-state index in [9.17, 15) is 4.79 Å². The maximum absolute atomic E-state index is 13.3. The van der Waals surface area contributed by atoms with Gasteiger partial charge in [-0.25, -0.2) is 19.2 Å². The molecular weight excluding hydrogens is 428 g/mol. The first-order valence-electron chi connectivity index (χ1n) is 10.4.